The molecule has 0 fully saturated rings. The summed E-state index contributed by atoms with van der Waals surface area (Å²) in [6.07, 6.45) is 1.64. The van der Waals surface area contributed by atoms with Gasteiger partial charge in [-0.05, 0) is 42.8 Å². The second-order valence-electron chi connectivity index (χ2n) is 4.63. The van der Waals surface area contributed by atoms with E-state index in [1.54, 1.807) is 6.20 Å². The lowest BCUT2D eigenvalue weighted by Gasteiger charge is -2.18. The average Bonchev–Trinajstić information content (AvgIpc) is 2.73. The van der Waals surface area contributed by atoms with Crippen molar-refractivity contribution in [1.82, 2.24) is 19.5 Å². The maximum atomic E-state index is 5.83. The van der Waals surface area contributed by atoms with E-state index in [0.717, 1.165) is 28.4 Å². The third-order valence-corrected chi connectivity index (χ3v) is 3.61. The Labute approximate surface area is 121 Å². The summed E-state index contributed by atoms with van der Waals surface area (Å²) in [6.45, 7) is 1.99. The van der Waals surface area contributed by atoms with Crippen LogP contribution >= 0.6 is 11.6 Å². The van der Waals surface area contributed by atoms with Crippen LogP contribution in [0.25, 0.3) is 11.0 Å². The Morgan fingerprint density at radius 1 is 1.20 bits per heavy atom. The number of aromatic nitrogens is 4. The van der Waals surface area contributed by atoms with E-state index in [-0.39, 0.29) is 5.28 Å². The molecule has 0 unspecified atom stereocenters. The second-order valence-corrected chi connectivity index (χ2v) is 4.97. The molecular weight excluding hydrogens is 274 g/mol. The van der Waals surface area contributed by atoms with Gasteiger partial charge in [-0.25, -0.2) is 15.0 Å². The van der Waals surface area contributed by atoms with Crippen molar-refractivity contribution >= 4 is 34.1 Å². The molecule has 0 atom stereocenters. The van der Waals surface area contributed by atoms with Crippen LogP contribution in [-0.2, 0) is 7.05 Å². The Bertz CT molecular complexity index is 780. The Kier molecular flexibility index (Phi) is 3.06. The minimum absolute atomic E-state index is 0.240. The smallest absolute Gasteiger partial charge is 0.224 e. The fraction of sp³-hybridized carbons (Fsp3) is 0.214. The third-order valence-electron chi connectivity index (χ3n) is 3.43. The second kappa shape index (κ2) is 4.76. The molecule has 0 N–H and O–H groups in total. The first-order valence-electron chi connectivity index (χ1n) is 6.21. The van der Waals surface area contributed by atoms with Gasteiger partial charge in [0.2, 0.25) is 5.28 Å². The zero-order chi connectivity index (χ0) is 14.3. The first-order valence-corrected chi connectivity index (χ1v) is 6.59. The number of imidazole rings is 1. The van der Waals surface area contributed by atoms with E-state index in [2.05, 4.69) is 25.6 Å². The van der Waals surface area contributed by atoms with E-state index >= 15 is 0 Å². The largest absolute Gasteiger partial charge is 0.331 e. The van der Waals surface area contributed by atoms with Crippen LogP contribution in [0.3, 0.4) is 0 Å². The normalized spacial score (nSPS) is 11.0. The predicted octanol–water partition coefficient (Wildman–Crippen LogP) is 3.09. The molecule has 6 heteroatoms. The van der Waals surface area contributed by atoms with Crippen LogP contribution in [0.2, 0.25) is 5.28 Å². The average molecular weight is 288 g/mol. The van der Waals surface area contributed by atoms with Gasteiger partial charge in [-0.3, -0.25) is 0 Å². The maximum Gasteiger partial charge on any atom is 0.224 e. The minimum Gasteiger partial charge on any atom is -0.331 e. The summed E-state index contributed by atoms with van der Waals surface area (Å²) in [6, 6.07) is 7.96. The van der Waals surface area contributed by atoms with E-state index in [0.29, 0.717) is 0 Å². The first kappa shape index (κ1) is 12.9. The highest BCUT2D eigenvalue weighted by Gasteiger charge is 2.10. The SMILES string of the molecule is Cc1nc2cc(N(C)c3ccnc(Cl)n3)ccc2n1C. The van der Waals surface area contributed by atoms with Gasteiger partial charge in [-0.1, -0.05) is 0 Å². The topological polar surface area (TPSA) is 46.8 Å². The molecule has 0 saturated heterocycles. The molecular formula is C14H14ClN5. The van der Waals surface area contributed by atoms with E-state index in [1.807, 2.05) is 44.1 Å². The molecule has 0 aliphatic heterocycles. The molecule has 1 aromatic carbocycles. The van der Waals surface area contributed by atoms with Crippen LogP contribution in [0.4, 0.5) is 11.5 Å². The molecule has 0 radical (unpaired) electrons. The monoisotopic (exact) mass is 287 g/mol. The lowest BCUT2D eigenvalue weighted by Crippen LogP contribution is -2.11. The van der Waals surface area contributed by atoms with Crippen molar-refractivity contribution in [1.29, 1.82) is 0 Å². The number of halogens is 1. The van der Waals surface area contributed by atoms with E-state index in [9.17, 15) is 0 Å². The number of hydrogen-bond acceptors (Lipinski definition) is 4. The highest BCUT2D eigenvalue weighted by molar-refractivity contribution is 6.28. The summed E-state index contributed by atoms with van der Waals surface area (Å²) < 4.78 is 2.07. The van der Waals surface area contributed by atoms with Crippen LogP contribution in [-0.4, -0.2) is 26.6 Å². The Morgan fingerprint density at radius 3 is 2.75 bits per heavy atom. The van der Waals surface area contributed by atoms with Gasteiger partial charge >= 0.3 is 0 Å². The van der Waals surface area contributed by atoms with Crippen LogP contribution in [0.5, 0.6) is 0 Å². The van der Waals surface area contributed by atoms with Crippen molar-refractivity contribution in [3.63, 3.8) is 0 Å². The number of hydrogen-bond donors (Lipinski definition) is 0. The van der Waals surface area contributed by atoms with Gasteiger partial charge in [-0.15, -0.1) is 0 Å². The van der Waals surface area contributed by atoms with Gasteiger partial charge in [0, 0.05) is 26.0 Å². The summed E-state index contributed by atoms with van der Waals surface area (Å²) in [7, 11) is 3.95. The van der Waals surface area contributed by atoms with Crippen LogP contribution in [0.1, 0.15) is 5.82 Å². The molecule has 102 valence electrons. The molecule has 0 aliphatic carbocycles. The Morgan fingerprint density at radius 2 is 2.00 bits per heavy atom. The third kappa shape index (κ3) is 2.10. The molecule has 2 aromatic heterocycles. The van der Waals surface area contributed by atoms with Crippen LogP contribution < -0.4 is 4.90 Å². The van der Waals surface area contributed by atoms with Crippen LogP contribution in [0, 0.1) is 6.92 Å². The molecule has 2 heterocycles. The molecule has 3 rings (SSSR count). The fourth-order valence-electron chi connectivity index (χ4n) is 2.16. The lowest BCUT2D eigenvalue weighted by atomic mass is 10.2. The molecule has 20 heavy (non-hydrogen) atoms. The van der Waals surface area contributed by atoms with Crippen molar-refractivity contribution in [2.45, 2.75) is 6.92 Å². The highest BCUT2D eigenvalue weighted by atomic mass is 35.5. The van der Waals surface area contributed by atoms with Crippen LogP contribution in [0.15, 0.2) is 30.5 Å². The van der Waals surface area contributed by atoms with Gasteiger partial charge in [0.05, 0.1) is 11.0 Å². The Hall–Kier alpha value is -2.14. The molecule has 0 spiro atoms. The molecule has 0 saturated carbocycles. The number of aryl methyl sites for hydroxylation is 2. The van der Waals surface area contributed by atoms with Crippen molar-refractivity contribution in [3.8, 4) is 0 Å². The zero-order valence-corrected chi connectivity index (χ0v) is 12.3. The van der Waals surface area contributed by atoms with Gasteiger partial charge in [0.25, 0.3) is 0 Å². The van der Waals surface area contributed by atoms with E-state index in [4.69, 9.17) is 11.6 Å². The number of rotatable bonds is 2. The van der Waals surface area contributed by atoms with Crippen molar-refractivity contribution < 1.29 is 0 Å². The summed E-state index contributed by atoms with van der Waals surface area (Å²) in [5.41, 5.74) is 3.08. The fourth-order valence-corrected chi connectivity index (χ4v) is 2.31. The molecule has 0 aliphatic rings. The van der Waals surface area contributed by atoms with Crippen molar-refractivity contribution in [2.24, 2.45) is 7.05 Å². The summed E-state index contributed by atoms with van der Waals surface area (Å²) in [5.74, 6) is 1.74. The van der Waals surface area contributed by atoms with E-state index < -0.39 is 0 Å². The molecule has 3 aromatic rings. The maximum absolute atomic E-state index is 5.83. The lowest BCUT2D eigenvalue weighted by molar-refractivity contribution is 0.886. The number of fused-ring (bicyclic) bond motifs is 1. The Balaban J connectivity index is 2.05. The molecule has 0 amide bonds. The number of benzene rings is 1. The van der Waals surface area contributed by atoms with Gasteiger partial charge in [0.1, 0.15) is 11.6 Å². The minimum atomic E-state index is 0.240. The number of nitrogens with zero attached hydrogens (tertiary/aromatic N) is 5. The van der Waals surface area contributed by atoms with Gasteiger partial charge < -0.3 is 9.47 Å². The number of anilines is 2. The van der Waals surface area contributed by atoms with Gasteiger partial charge in [0.15, 0.2) is 0 Å². The van der Waals surface area contributed by atoms with Crippen molar-refractivity contribution in [3.05, 3.63) is 41.6 Å². The molecule has 5 nitrogen and oxygen atoms in total. The van der Waals surface area contributed by atoms with E-state index in [1.165, 1.54) is 0 Å². The van der Waals surface area contributed by atoms with Crippen molar-refractivity contribution in [2.75, 3.05) is 11.9 Å². The quantitative estimate of drug-likeness (QED) is 0.680. The predicted molar refractivity (Wildman–Crippen MR) is 80.6 cm³/mol. The highest BCUT2D eigenvalue weighted by Crippen LogP contribution is 2.26. The standard InChI is InChI=1S/C14H14ClN5/c1-9-17-11-8-10(4-5-12(11)19(9)2)20(3)13-6-7-16-14(15)18-13/h4-8H,1-3H3. The summed E-state index contributed by atoms with van der Waals surface area (Å²) in [5, 5.41) is 0.240. The summed E-state index contributed by atoms with van der Waals surface area (Å²) in [4.78, 5) is 14.6. The zero-order valence-electron chi connectivity index (χ0n) is 11.5. The van der Waals surface area contributed by atoms with Gasteiger partial charge in [-0.2, -0.15) is 0 Å². The summed E-state index contributed by atoms with van der Waals surface area (Å²) >= 11 is 5.83. The first-order chi connectivity index (χ1) is 9.56. The molecule has 0 bridgehead atoms.